The fourth-order valence-electron chi connectivity index (χ4n) is 4.37. The number of esters is 1. The molecule has 0 aliphatic heterocycles. The van der Waals surface area contributed by atoms with Gasteiger partial charge in [-0.05, 0) is 69.4 Å². The van der Waals surface area contributed by atoms with E-state index < -0.39 is 60.2 Å². The largest absolute Gasteiger partial charge is 0.511 e. The van der Waals surface area contributed by atoms with Gasteiger partial charge in [0.2, 0.25) is 12.7 Å². The molecule has 14 heteroatoms. The molecule has 0 aliphatic rings. The number of primary amides is 1. The number of benzene rings is 2. The van der Waals surface area contributed by atoms with E-state index in [1.807, 2.05) is 0 Å². The predicted octanol–water partition coefficient (Wildman–Crippen LogP) is 2.13. The van der Waals surface area contributed by atoms with Gasteiger partial charge in [-0.1, -0.05) is 24.3 Å². The molecule has 2 aromatic carbocycles. The van der Waals surface area contributed by atoms with E-state index in [4.69, 9.17) is 20.9 Å². The van der Waals surface area contributed by atoms with E-state index in [0.29, 0.717) is 16.6 Å². The van der Waals surface area contributed by atoms with Crippen LogP contribution in [0.2, 0.25) is 0 Å². The van der Waals surface area contributed by atoms with E-state index in [9.17, 15) is 28.7 Å². The number of nitrogens with zero attached hydrogens (tertiary/aromatic N) is 2. The number of ether oxygens (including phenoxy) is 3. The first-order chi connectivity index (χ1) is 20.9. The fourth-order valence-corrected chi connectivity index (χ4v) is 4.37. The van der Waals surface area contributed by atoms with E-state index in [-0.39, 0.29) is 37.9 Å². The van der Waals surface area contributed by atoms with Crippen LogP contribution in [0.5, 0.6) is 0 Å². The Morgan fingerprint density at radius 3 is 2.48 bits per heavy atom. The summed E-state index contributed by atoms with van der Waals surface area (Å²) in [5.41, 5.74) is 11.2. The van der Waals surface area contributed by atoms with Gasteiger partial charge in [-0.2, -0.15) is 0 Å². The van der Waals surface area contributed by atoms with Gasteiger partial charge in [-0.3, -0.25) is 19.4 Å². The number of aromatic nitrogens is 2. The fraction of sp³-hybridized carbons (Fsp3) is 0.400. The Kier molecular flexibility index (Phi) is 12.1. The maximum absolute atomic E-state index is 13.9. The van der Waals surface area contributed by atoms with Crippen LogP contribution in [0.25, 0.3) is 11.0 Å². The van der Waals surface area contributed by atoms with E-state index >= 15 is 0 Å². The number of rotatable bonds is 15. The van der Waals surface area contributed by atoms with Crippen molar-refractivity contribution in [3.63, 3.8) is 0 Å². The van der Waals surface area contributed by atoms with Crippen molar-refractivity contribution >= 4 is 35.0 Å². The summed E-state index contributed by atoms with van der Waals surface area (Å²) in [6, 6.07) is 11.7. The van der Waals surface area contributed by atoms with Crippen molar-refractivity contribution in [3.05, 3.63) is 71.8 Å². The number of hydrogen-bond acceptors (Lipinski definition) is 11. The van der Waals surface area contributed by atoms with Gasteiger partial charge in [0.1, 0.15) is 17.1 Å². The van der Waals surface area contributed by atoms with Crippen LogP contribution in [0, 0.1) is 11.7 Å². The van der Waals surface area contributed by atoms with Gasteiger partial charge in [-0.15, -0.1) is 0 Å². The average Bonchev–Trinajstić information content (AvgIpc) is 2.97. The second-order valence-electron chi connectivity index (χ2n) is 10.7. The molecule has 2 amide bonds. The molecule has 6 N–H and O–H groups in total. The molecule has 0 saturated heterocycles. The van der Waals surface area contributed by atoms with Gasteiger partial charge in [0.15, 0.2) is 0 Å². The third-order valence-electron chi connectivity index (χ3n) is 6.75. The Balaban J connectivity index is 1.69. The smallest absolute Gasteiger partial charge is 0.428 e. The van der Waals surface area contributed by atoms with Gasteiger partial charge in [0.25, 0.3) is 5.91 Å². The summed E-state index contributed by atoms with van der Waals surface area (Å²) in [5, 5.41) is 14.0. The molecule has 1 heterocycles. The monoisotopic (exact) mass is 613 g/mol. The highest BCUT2D eigenvalue weighted by Gasteiger charge is 2.31. The molecule has 0 fully saturated rings. The molecule has 236 valence electrons. The van der Waals surface area contributed by atoms with Gasteiger partial charge in [0, 0.05) is 5.92 Å². The number of carbonyl (C=O) groups is 4. The molecule has 13 nitrogen and oxygen atoms in total. The molecule has 0 aliphatic carbocycles. The van der Waals surface area contributed by atoms with Crippen LogP contribution in [0.4, 0.5) is 9.18 Å². The molecule has 3 aromatic rings. The van der Waals surface area contributed by atoms with E-state index in [2.05, 4.69) is 20.0 Å². The minimum absolute atomic E-state index is 0.00942. The molecular formula is C30H36FN5O8. The number of aliphatic hydroxyl groups is 1. The maximum atomic E-state index is 13.9. The number of para-hydroxylation sites is 2. The molecule has 3 atom stereocenters. The van der Waals surface area contributed by atoms with Gasteiger partial charge in [0.05, 0.1) is 35.9 Å². The van der Waals surface area contributed by atoms with Gasteiger partial charge < -0.3 is 36.1 Å². The van der Waals surface area contributed by atoms with Gasteiger partial charge >= 0.3 is 12.1 Å². The summed E-state index contributed by atoms with van der Waals surface area (Å²) in [7, 11) is 0. The molecule has 0 radical (unpaired) electrons. The lowest BCUT2D eigenvalue weighted by atomic mass is 9.87. The lowest BCUT2D eigenvalue weighted by molar-refractivity contribution is -0.152. The SMILES string of the molecule is CC(C)(CCC(CC(O)C(Cc1cccc(F)c1)NC(=O)c1cnc2ccccc2n1)C(N)=O)OC(=O)OCOC(=O)CN. The van der Waals surface area contributed by atoms with E-state index in [1.165, 1.54) is 24.4 Å². The zero-order valence-electron chi connectivity index (χ0n) is 24.4. The van der Waals surface area contributed by atoms with Crippen LogP contribution in [0.1, 0.15) is 49.2 Å². The number of amides is 2. The molecular weight excluding hydrogens is 577 g/mol. The van der Waals surface area contributed by atoms with Crippen LogP contribution in [-0.4, -0.2) is 70.1 Å². The van der Waals surface area contributed by atoms with Crippen LogP contribution < -0.4 is 16.8 Å². The lowest BCUT2D eigenvalue weighted by Crippen LogP contribution is -2.46. The summed E-state index contributed by atoms with van der Waals surface area (Å²) in [4.78, 5) is 57.2. The van der Waals surface area contributed by atoms with Crippen molar-refractivity contribution in [3.8, 4) is 0 Å². The van der Waals surface area contributed by atoms with Crippen LogP contribution in [-0.2, 0) is 30.2 Å². The lowest BCUT2D eigenvalue weighted by Gasteiger charge is -2.29. The maximum Gasteiger partial charge on any atom is 0.511 e. The van der Waals surface area contributed by atoms with Gasteiger partial charge in [-0.25, -0.2) is 14.2 Å². The average molecular weight is 614 g/mol. The third-order valence-corrected chi connectivity index (χ3v) is 6.75. The third kappa shape index (κ3) is 10.5. The Morgan fingerprint density at radius 2 is 1.80 bits per heavy atom. The predicted molar refractivity (Wildman–Crippen MR) is 155 cm³/mol. The second kappa shape index (κ2) is 15.7. The number of hydrogen-bond donors (Lipinski definition) is 4. The van der Waals surface area contributed by atoms with Crippen molar-refractivity contribution < 1.29 is 42.9 Å². The molecule has 0 bridgehead atoms. The number of aliphatic hydroxyl groups excluding tert-OH is 1. The minimum Gasteiger partial charge on any atom is -0.428 e. The summed E-state index contributed by atoms with van der Waals surface area (Å²) in [6.45, 7) is 2.09. The van der Waals surface area contributed by atoms with Crippen LogP contribution in [0.3, 0.4) is 0 Å². The first kappa shape index (κ1) is 33.8. The molecule has 44 heavy (non-hydrogen) atoms. The van der Waals surface area contributed by atoms with E-state index in [0.717, 1.165) is 0 Å². The number of carbonyl (C=O) groups excluding carboxylic acids is 4. The summed E-state index contributed by atoms with van der Waals surface area (Å²) < 4.78 is 28.4. The standard InChI is InChI=1S/C30H36FN5O8/c1-30(2,44-29(41)43-17-42-26(38)15-32)11-10-19(27(33)39)14-25(37)23(13-18-6-5-7-20(31)12-18)36-28(40)24-16-34-21-8-3-4-9-22(21)35-24/h3-9,12,16,19,23,25,37H,10-11,13-15,17,32H2,1-2H3,(H2,33,39)(H,36,40). The normalized spacial score (nSPS) is 13.4. The topological polar surface area (TPSA) is 206 Å². The minimum atomic E-state index is -1.29. The summed E-state index contributed by atoms with van der Waals surface area (Å²) >= 11 is 0. The van der Waals surface area contributed by atoms with Crippen molar-refractivity contribution in [2.45, 2.75) is 57.3 Å². The van der Waals surface area contributed by atoms with Crippen LogP contribution >= 0.6 is 0 Å². The Hall–Kier alpha value is -4.69. The molecule has 1 aromatic heterocycles. The van der Waals surface area contributed by atoms with Crippen molar-refractivity contribution in [2.24, 2.45) is 17.4 Å². The molecule has 0 spiro atoms. The van der Waals surface area contributed by atoms with Crippen molar-refractivity contribution in [1.82, 2.24) is 15.3 Å². The highest BCUT2D eigenvalue weighted by Crippen LogP contribution is 2.25. The molecule has 3 rings (SSSR count). The highest BCUT2D eigenvalue weighted by molar-refractivity contribution is 5.94. The Morgan fingerprint density at radius 1 is 1.07 bits per heavy atom. The Bertz CT molecular complexity index is 1470. The quantitative estimate of drug-likeness (QED) is 0.144. The number of fused-ring (bicyclic) bond motifs is 1. The molecule has 3 unspecified atom stereocenters. The second-order valence-corrected chi connectivity index (χ2v) is 10.7. The number of nitrogens with two attached hydrogens (primary N) is 2. The Labute approximate surface area is 253 Å². The van der Waals surface area contributed by atoms with Crippen LogP contribution in [0.15, 0.2) is 54.7 Å². The number of halogens is 1. The zero-order chi connectivity index (χ0) is 32.3. The zero-order valence-corrected chi connectivity index (χ0v) is 24.4. The summed E-state index contributed by atoms with van der Waals surface area (Å²) in [5.74, 6) is -3.48. The summed E-state index contributed by atoms with van der Waals surface area (Å²) in [6.07, 6.45) is -0.972. The van der Waals surface area contributed by atoms with Crippen molar-refractivity contribution in [1.29, 1.82) is 0 Å². The molecule has 0 saturated carbocycles. The highest BCUT2D eigenvalue weighted by atomic mass is 19.1. The van der Waals surface area contributed by atoms with Crippen molar-refractivity contribution in [2.75, 3.05) is 13.3 Å². The first-order valence-electron chi connectivity index (χ1n) is 13.8. The number of nitrogens with one attached hydrogen (secondary N) is 1. The van der Waals surface area contributed by atoms with E-state index in [1.54, 1.807) is 44.2 Å². The first-order valence-corrected chi connectivity index (χ1v) is 13.8.